The number of nitrogens with one attached hydrogen (secondary N) is 1. The molecule has 26 heavy (non-hydrogen) atoms. The van der Waals surface area contributed by atoms with Gasteiger partial charge < -0.3 is 20.4 Å². The van der Waals surface area contributed by atoms with Crippen molar-refractivity contribution < 1.29 is 24.6 Å². The molecule has 2 aliphatic carbocycles. The van der Waals surface area contributed by atoms with Crippen LogP contribution in [-0.2, 0) is 14.4 Å². The molecular weight excluding hydrogens is 336 g/mol. The molecule has 0 unspecified atom stereocenters. The highest BCUT2D eigenvalue weighted by Gasteiger charge is 2.70. The van der Waals surface area contributed by atoms with E-state index in [2.05, 4.69) is 5.32 Å². The zero-order valence-corrected chi connectivity index (χ0v) is 16.2. The van der Waals surface area contributed by atoms with Crippen molar-refractivity contribution in [1.82, 2.24) is 10.2 Å². The Morgan fingerprint density at radius 2 is 1.77 bits per heavy atom. The minimum absolute atomic E-state index is 0.0259. The quantitative estimate of drug-likeness (QED) is 0.684. The molecule has 3 fully saturated rings. The van der Waals surface area contributed by atoms with Crippen molar-refractivity contribution in [3.63, 3.8) is 0 Å². The molecule has 2 amide bonds. The van der Waals surface area contributed by atoms with Crippen molar-refractivity contribution in [2.24, 2.45) is 28.6 Å². The Morgan fingerprint density at radius 1 is 1.19 bits per heavy atom. The molecule has 146 valence electrons. The normalized spacial score (nSPS) is 35.9. The van der Waals surface area contributed by atoms with Crippen molar-refractivity contribution in [1.29, 1.82) is 0 Å². The van der Waals surface area contributed by atoms with Gasteiger partial charge in [-0.15, -0.1) is 0 Å². The van der Waals surface area contributed by atoms with Crippen LogP contribution in [0, 0.1) is 28.6 Å². The molecule has 3 N–H and O–H groups in total. The molecule has 0 aromatic rings. The lowest BCUT2D eigenvalue weighted by atomic mass is 9.80. The van der Waals surface area contributed by atoms with Gasteiger partial charge in [0.15, 0.2) is 0 Å². The number of fused-ring (bicyclic) bond motifs is 1. The van der Waals surface area contributed by atoms with Crippen molar-refractivity contribution in [2.45, 2.75) is 65.6 Å². The summed E-state index contributed by atoms with van der Waals surface area (Å²) in [4.78, 5) is 38.9. The summed E-state index contributed by atoms with van der Waals surface area (Å²) in [6.07, 6.45) is 0.381. The van der Waals surface area contributed by atoms with Crippen LogP contribution < -0.4 is 5.32 Å². The molecule has 0 aromatic heterocycles. The minimum Gasteiger partial charge on any atom is -0.480 e. The van der Waals surface area contributed by atoms with Crippen molar-refractivity contribution in [3.8, 4) is 0 Å². The van der Waals surface area contributed by atoms with Crippen molar-refractivity contribution in [2.75, 3.05) is 6.54 Å². The van der Waals surface area contributed by atoms with Crippen LogP contribution in [0.4, 0.5) is 0 Å². The molecule has 3 aliphatic rings. The number of piperidine rings is 1. The van der Waals surface area contributed by atoms with Crippen molar-refractivity contribution in [3.05, 3.63) is 0 Å². The molecule has 0 aromatic carbocycles. The molecule has 0 radical (unpaired) electrons. The molecule has 7 nitrogen and oxygen atoms in total. The maximum Gasteiger partial charge on any atom is 0.326 e. The van der Waals surface area contributed by atoms with E-state index in [0.29, 0.717) is 19.4 Å². The van der Waals surface area contributed by atoms with Gasteiger partial charge in [0.1, 0.15) is 12.1 Å². The number of carboxylic acids is 1. The number of carboxylic acid groups (broad SMARTS) is 1. The Morgan fingerprint density at radius 3 is 2.23 bits per heavy atom. The number of nitrogens with zero attached hydrogens (tertiary/aromatic N) is 1. The third kappa shape index (κ3) is 3.00. The number of carbonyl (C=O) groups excluding carboxylic acids is 2. The van der Waals surface area contributed by atoms with Gasteiger partial charge in [-0.05, 0) is 29.6 Å². The minimum atomic E-state index is -0.975. The highest BCUT2D eigenvalue weighted by Crippen LogP contribution is 2.65. The van der Waals surface area contributed by atoms with E-state index in [4.69, 9.17) is 0 Å². The number of hydrogen-bond donors (Lipinski definition) is 3. The molecule has 4 atom stereocenters. The number of aliphatic hydroxyl groups is 1. The maximum atomic E-state index is 13.2. The molecule has 3 rings (SSSR count). The number of rotatable bonds is 4. The molecule has 2 saturated carbocycles. The number of amides is 2. The standard InChI is InChI=1S/C19H30N2O5/c1-18(2,3)14(20-15(23)9-6-10(22)7-9)16(24)21-8-11-12(19(11,4)5)13(21)17(25)26/h9-14,22H,6-8H2,1-5H3,(H,20,23)(H,25,26)/t9?,10?,11-,12-,13-,14+/m0/s1. The summed E-state index contributed by atoms with van der Waals surface area (Å²) < 4.78 is 0. The van der Waals surface area contributed by atoms with E-state index in [0.717, 1.165) is 0 Å². The number of aliphatic hydroxyl groups excluding tert-OH is 1. The first-order chi connectivity index (χ1) is 11.9. The number of aliphatic carboxylic acids is 1. The third-order valence-corrected chi connectivity index (χ3v) is 6.63. The van der Waals surface area contributed by atoms with Gasteiger partial charge in [0, 0.05) is 18.4 Å². The van der Waals surface area contributed by atoms with Crippen LogP contribution >= 0.6 is 0 Å². The van der Waals surface area contributed by atoms with Crippen LogP contribution in [0.2, 0.25) is 0 Å². The molecule has 1 aliphatic heterocycles. The van der Waals surface area contributed by atoms with Gasteiger partial charge in [-0.3, -0.25) is 9.59 Å². The predicted octanol–water partition coefficient (Wildman–Crippen LogP) is 0.856. The van der Waals surface area contributed by atoms with Crippen LogP contribution in [0.25, 0.3) is 0 Å². The van der Waals surface area contributed by atoms with E-state index in [1.54, 1.807) is 0 Å². The van der Waals surface area contributed by atoms with Gasteiger partial charge in [0.2, 0.25) is 11.8 Å². The summed E-state index contributed by atoms with van der Waals surface area (Å²) in [7, 11) is 0. The first kappa shape index (κ1) is 19.1. The average molecular weight is 366 g/mol. The topological polar surface area (TPSA) is 107 Å². The second kappa shape index (κ2) is 5.94. The second-order valence-electron chi connectivity index (χ2n) is 9.86. The van der Waals surface area contributed by atoms with Crippen molar-refractivity contribution >= 4 is 17.8 Å². The zero-order chi connectivity index (χ0) is 19.6. The van der Waals surface area contributed by atoms with Crippen LogP contribution in [-0.4, -0.2) is 57.6 Å². The van der Waals surface area contributed by atoms with Crippen LogP contribution in [0.3, 0.4) is 0 Å². The first-order valence-electron chi connectivity index (χ1n) is 9.37. The summed E-state index contributed by atoms with van der Waals surface area (Å²) >= 11 is 0. The Kier molecular flexibility index (Phi) is 4.37. The molecule has 7 heteroatoms. The lowest BCUT2D eigenvalue weighted by Gasteiger charge is -2.38. The lowest BCUT2D eigenvalue weighted by Crippen LogP contribution is -2.59. The van der Waals surface area contributed by atoms with E-state index in [1.807, 2.05) is 34.6 Å². The summed E-state index contributed by atoms with van der Waals surface area (Å²) in [5.41, 5.74) is -0.594. The number of carbonyl (C=O) groups is 3. The molecule has 0 bridgehead atoms. The van der Waals surface area contributed by atoms with Crippen LogP contribution in [0.5, 0.6) is 0 Å². The fraction of sp³-hybridized carbons (Fsp3) is 0.842. The van der Waals surface area contributed by atoms with Crippen LogP contribution in [0.15, 0.2) is 0 Å². The van der Waals surface area contributed by atoms with Gasteiger partial charge in [0.25, 0.3) is 0 Å². The predicted molar refractivity (Wildman–Crippen MR) is 94.0 cm³/mol. The number of likely N-dealkylation sites (tertiary alicyclic amines) is 1. The van der Waals surface area contributed by atoms with E-state index < -0.39 is 29.6 Å². The second-order valence-corrected chi connectivity index (χ2v) is 9.86. The Hall–Kier alpha value is -1.63. The Labute approximate surface area is 154 Å². The van der Waals surface area contributed by atoms with E-state index in [-0.39, 0.29) is 35.0 Å². The number of hydrogen-bond acceptors (Lipinski definition) is 4. The first-order valence-corrected chi connectivity index (χ1v) is 9.37. The molecule has 1 heterocycles. The molecular formula is C19H30N2O5. The molecule has 0 spiro atoms. The van der Waals surface area contributed by atoms with E-state index in [9.17, 15) is 24.6 Å². The summed E-state index contributed by atoms with van der Waals surface area (Å²) in [6, 6.07) is -1.61. The van der Waals surface area contributed by atoms with Gasteiger partial charge in [-0.25, -0.2) is 4.79 Å². The van der Waals surface area contributed by atoms with Gasteiger partial charge in [0.05, 0.1) is 6.10 Å². The SMILES string of the molecule is CC(C)(C)[C@H](NC(=O)C1CC(O)C1)C(=O)N1C[C@H]2[C@@H]([C@H]1C(=O)O)C2(C)C. The highest BCUT2D eigenvalue weighted by atomic mass is 16.4. The van der Waals surface area contributed by atoms with Gasteiger partial charge in [-0.2, -0.15) is 0 Å². The maximum absolute atomic E-state index is 13.2. The molecule has 1 saturated heterocycles. The van der Waals surface area contributed by atoms with E-state index >= 15 is 0 Å². The highest BCUT2D eigenvalue weighted by molar-refractivity contribution is 5.92. The third-order valence-electron chi connectivity index (χ3n) is 6.63. The van der Waals surface area contributed by atoms with Crippen LogP contribution in [0.1, 0.15) is 47.5 Å². The lowest BCUT2D eigenvalue weighted by molar-refractivity contribution is -0.153. The fourth-order valence-electron chi connectivity index (χ4n) is 4.67. The smallest absolute Gasteiger partial charge is 0.326 e. The van der Waals surface area contributed by atoms with Gasteiger partial charge in [-0.1, -0.05) is 34.6 Å². The Bertz CT molecular complexity index is 632. The summed E-state index contributed by atoms with van der Waals surface area (Å²) in [5.74, 6) is -1.63. The summed E-state index contributed by atoms with van der Waals surface area (Å²) in [5, 5.41) is 21.9. The van der Waals surface area contributed by atoms with Gasteiger partial charge >= 0.3 is 5.97 Å². The Balaban J connectivity index is 1.76. The average Bonchev–Trinajstić information content (AvgIpc) is 2.85. The fourth-order valence-corrected chi connectivity index (χ4v) is 4.67. The largest absolute Gasteiger partial charge is 0.480 e. The summed E-state index contributed by atoms with van der Waals surface area (Å²) in [6.45, 7) is 10.1. The van der Waals surface area contributed by atoms with E-state index in [1.165, 1.54) is 4.90 Å². The zero-order valence-electron chi connectivity index (χ0n) is 16.2. The monoisotopic (exact) mass is 366 g/mol.